The number of aliphatic hydroxyl groups is 1. The van der Waals surface area contributed by atoms with E-state index in [1.807, 2.05) is 48.5 Å². The van der Waals surface area contributed by atoms with E-state index in [0.29, 0.717) is 42.0 Å². The fourth-order valence-electron chi connectivity index (χ4n) is 4.60. The molecule has 0 aliphatic rings. The van der Waals surface area contributed by atoms with E-state index in [2.05, 4.69) is 30.9 Å². The van der Waals surface area contributed by atoms with Gasteiger partial charge in [0, 0.05) is 24.2 Å². The third-order valence-corrected chi connectivity index (χ3v) is 6.86. The standard InChI is InChI=1S/C31H40ClNO5/c1-6-8-16-38-29-14-12-22(17-30(29)36-4)20-33(21-27(34)24-10-9-11-25(32)18-24)26(7-2)23-13-15-28(35-3)31(19-23)37-5/h9-15,17-19,26-27,34H,6-8,16,20-21H2,1-5H3/t26-,27?/m1/s1. The van der Waals surface area contributed by atoms with E-state index in [-0.39, 0.29) is 6.04 Å². The molecular weight excluding hydrogens is 502 g/mol. The first kappa shape index (κ1) is 29.6. The molecule has 38 heavy (non-hydrogen) atoms. The maximum absolute atomic E-state index is 11.2. The van der Waals surface area contributed by atoms with Gasteiger partial charge in [-0.05, 0) is 65.9 Å². The minimum absolute atomic E-state index is 0.00937. The van der Waals surface area contributed by atoms with Crippen LogP contribution < -0.4 is 18.9 Å². The Morgan fingerprint density at radius 2 is 1.53 bits per heavy atom. The number of methoxy groups -OCH3 is 3. The van der Waals surface area contributed by atoms with Crippen molar-refractivity contribution in [1.82, 2.24) is 4.90 Å². The number of ether oxygens (including phenoxy) is 4. The lowest BCUT2D eigenvalue weighted by Crippen LogP contribution is -2.32. The van der Waals surface area contributed by atoms with Gasteiger partial charge < -0.3 is 24.1 Å². The molecule has 1 unspecified atom stereocenters. The second-order valence-electron chi connectivity index (χ2n) is 9.23. The number of unbranched alkanes of at least 4 members (excludes halogenated alkanes) is 1. The highest BCUT2D eigenvalue weighted by Gasteiger charge is 2.24. The van der Waals surface area contributed by atoms with E-state index >= 15 is 0 Å². The number of halogens is 1. The first-order valence-electron chi connectivity index (χ1n) is 13.1. The van der Waals surface area contributed by atoms with Gasteiger partial charge in [0.1, 0.15) is 0 Å². The normalized spacial score (nSPS) is 12.7. The molecule has 6 nitrogen and oxygen atoms in total. The van der Waals surface area contributed by atoms with Gasteiger partial charge >= 0.3 is 0 Å². The monoisotopic (exact) mass is 541 g/mol. The smallest absolute Gasteiger partial charge is 0.161 e. The molecule has 0 heterocycles. The quantitative estimate of drug-likeness (QED) is 0.205. The van der Waals surface area contributed by atoms with Crippen molar-refractivity contribution < 1.29 is 24.1 Å². The molecule has 0 saturated carbocycles. The first-order chi connectivity index (χ1) is 18.4. The average Bonchev–Trinajstić information content (AvgIpc) is 2.93. The average molecular weight is 542 g/mol. The molecule has 7 heteroatoms. The van der Waals surface area contributed by atoms with Gasteiger partial charge in [-0.2, -0.15) is 0 Å². The molecule has 0 aliphatic heterocycles. The van der Waals surface area contributed by atoms with Crippen LogP contribution in [0, 0.1) is 0 Å². The van der Waals surface area contributed by atoms with E-state index in [0.717, 1.165) is 41.7 Å². The highest BCUT2D eigenvalue weighted by atomic mass is 35.5. The Kier molecular flexibility index (Phi) is 11.6. The summed E-state index contributed by atoms with van der Waals surface area (Å²) in [6.07, 6.45) is 2.16. The second kappa shape index (κ2) is 14.9. The van der Waals surface area contributed by atoms with Crippen LogP contribution in [0.5, 0.6) is 23.0 Å². The van der Waals surface area contributed by atoms with Gasteiger partial charge in [0.15, 0.2) is 23.0 Å². The van der Waals surface area contributed by atoms with Crippen molar-refractivity contribution in [1.29, 1.82) is 0 Å². The molecule has 0 spiro atoms. The molecule has 206 valence electrons. The van der Waals surface area contributed by atoms with Gasteiger partial charge in [-0.3, -0.25) is 4.90 Å². The SMILES string of the molecule is CCCCOc1ccc(CN(CC(O)c2cccc(Cl)c2)[C@H](CC)c2ccc(OC)c(OC)c2)cc1OC. The highest BCUT2D eigenvalue weighted by molar-refractivity contribution is 6.30. The van der Waals surface area contributed by atoms with Crippen LogP contribution in [0.4, 0.5) is 0 Å². The fourth-order valence-corrected chi connectivity index (χ4v) is 4.80. The molecule has 1 N–H and O–H groups in total. The number of hydrogen-bond donors (Lipinski definition) is 1. The molecule has 2 atom stereocenters. The summed E-state index contributed by atoms with van der Waals surface area (Å²) in [7, 11) is 4.93. The van der Waals surface area contributed by atoms with E-state index in [4.69, 9.17) is 30.5 Å². The zero-order valence-electron chi connectivity index (χ0n) is 23.1. The summed E-state index contributed by atoms with van der Waals surface area (Å²) in [5.41, 5.74) is 2.92. The zero-order valence-corrected chi connectivity index (χ0v) is 23.8. The molecule has 0 aliphatic carbocycles. The summed E-state index contributed by atoms with van der Waals surface area (Å²) >= 11 is 6.22. The highest BCUT2D eigenvalue weighted by Crippen LogP contribution is 2.36. The number of aliphatic hydroxyl groups excluding tert-OH is 1. The predicted molar refractivity (Wildman–Crippen MR) is 153 cm³/mol. The minimum Gasteiger partial charge on any atom is -0.493 e. The summed E-state index contributed by atoms with van der Waals surface area (Å²) in [6, 6.07) is 19.4. The van der Waals surface area contributed by atoms with Crippen LogP contribution in [0.1, 0.15) is 61.9 Å². The van der Waals surface area contributed by atoms with Gasteiger partial charge in [0.05, 0.1) is 34.0 Å². The van der Waals surface area contributed by atoms with E-state index < -0.39 is 6.10 Å². The van der Waals surface area contributed by atoms with Crippen LogP contribution in [0.3, 0.4) is 0 Å². The van der Waals surface area contributed by atoms with Crippen LogP contribution in [0.2, 0.25) is 5.02 Å². The predicted octanol–water partition coefficient (Wildman–Crippen LogP) is 7.23. The Balaban J connectivity index is 1.95. The molecule has 0 aromatic heterocycles. The third-order valence-electron chi connectivity index (χ3n) is 6.63. The van der Waals surface area contributed by atoms with Gasteiger partial charge in [0.2, 0.25) is 0 Å². The van der Waals surface area contributed by atoms with Crippen LogP contribution in [-0.4, -0.2) is 44.5 Å². The van der Waals surface area contributed by atoms with E-state index in [1.54, 1.807) is 21.3 Å². The van der Waals surface area contributed by atoms with Crippen molar-refractivity contribution in [3.05, 3.63) is 82.4 Å². The van der Waals surface area contributed by atoms with Gasteiger partial charge in [-0.25, -0.2) is 0 Å². The van der Waals surface area contributed by atoms with Crippen molar-refractivity contribution in [2.24, 2.45) is 0 Å². The molecule has 3 rings (SSSR count). The minimum atomic E-state index is -0.721. The van der Waals surface area contributed by atoms with Crippen LogP contribution >= 0.6 is 11.6 Å². The van der Waals surface area contributed by atoms with Crippen LogP contribution in [0.15, 0.2) is 60.7 Å². The summed E-state index contributed by atoms with van der Waals surface area (Å²) in [5.74, 6) is 2.80. The second-order valence-corrected chi connectivity index (χ2v) is 9.66. The Bertz CT molecular complexity index is 1150. The van der Waals surface area contributed by atoms with Crippen LogP contribution in [-0.2, 0) is 6.54 Å². The Morgan fingerprint density at radius 1 is 0.816 bits per heavy atom. The van der Waals surface area contributed by atoms with Crippen molar-refractivity contribution >= 4 is 11.6 Å². The summed E-state index contributed by atoms with van der Waals surface area (Å²) in [6.45, 7) is 5.94. The maximum Gasteiger partial charge on any atom is 0.161 e. The number of hydrogen-bond acceptors (Lipinski definition) is 6. The van der Waals surface area contributed by atoms with Crippen molar-refractivity contribution in [3.8, 4) is 23.0 Å². The molecule has 0 bridgehead atoms. The van der Waals surface area contributed by atoms with Gasteiger partial charge in [-0.15, -0.1) is 0 Å². The van der Waals surface area contributed by atoms with E-state index in [9.17, 15) is 5.11 Å². The molecular formula is C31H40ClNO5. The molecule has 0 amide bonds. The zero-order chi connectivity index (χ0) is 27.5. The van der Waals surface area contributed by atoms with Gasteiger partial charge in [-0.1, -0.05) is 56.1 Å². The molecule has 3 aromatic carbocycles. The first-order valence-corrected chi connectivity index (χ1v) is 13.5. The fraction of sp³-hybridized carbons (Fsp3) is 0.419. The van der Waals surface area contributed by atoms with E-state index in [1.165, 1.54) is 0 Å². The summed E-state index contributed by atoms with van der Waals surface area (Å²) < 4.78 is 22.6. The Labute approximate surface area is 232 Å². The largest absolute Gasteiger partial charge is 0.493 e. The summed E-state index contributed by atoms with van der Waals surface area (Å²) in [4.78, 5) is 2.28. The van der Waals surface area contributed by atoms with Crippen molar-refractivity contribution in [2.75, 3.05) is 34.5 Å². The molecule has 3 aromatic rings. The van der Waals surface area contributed by atoms with Crippen molar-refractivity contribution in [3.63, 3.8) is 0 Å². The molecule has 0 radical (unpaired) electrons. The van der Waals surface area contributed by atoms with Crippen molar-refractivity contribution in [2.45, 2.75) is 51.8 Å². The molecule has 0 saturated heterocycles. The lowest BCUT2D eigenvalue weighted by atomic mass is 9.99. The maximum atomic E-state index is 11.2. The van der Waals surface area contributed by atoms with Gasteiger partial charge in [0.25, 0.3) is 0 Å². The molecule has 0 fully saturated rings. The summed E-state index contributed by atoms with van der Waals surface area (Å²) in [5, 5.41) is 11.8. The number of benzene rings is 3. The van der Waals surface area contributed by atoms with Crippen LogP contribution in [0.25, 0.3) is 0 Å². The number of nitrogens with zero attached hydrogens (tertiary/aromatic N) is 1. The third kappa shape index (κ3) is 7.79. The number of rotatable bonds is 15. The lowest BCUT2D eigenvalue weighted by molar-refractivity contribution is 0.0790. The Morgan fingerprint density at radius 3 is 2.18 bits per heavy atom. The topological polar surface area (TPSA) is 60.4 Å². The lowest BCUT2D eigenvalue weighted by Gasteiger charge is -2.34. The Hall–Kier alpha value is -2.93.